The third kappa shape index (κ3) is 3.51. The van der Waals surface area contributed by atoms with E-state index in [0.29, 0.717) is 16.8 Å². The van der Waals surface area contributed by atoms with Gasteiger partial charge in [-0.15, -0.1) is 11.3 Å². The molecule has 4 nitrogen and oxygen atoms in total. The van der Waals surface area contributed by atoms with Gasteiger partial charge in [0.15, 0.2) is 0 Å². The highest BCUT2D eigenvalue weighted by Gasteiger charge is 2.13. The Labute approximate surface area is 144 Å². The van der Waals surface area contributed by atoms with Crippen LogP contribution in [-0.2, 0) is 6.42 Å². The van der Waals surface area contributed by atoms with Crippen molar-refractivity contribution in [1.29, 1.82) is 0 Å². The van der Waals surface area contributed by atoms with E-state index in [2.05, 4.69) is 11.9 Å². The standard InChI is InChI=1S/C19H21NO3S/c1-3-4-5-6-7-13-8-14-9-15(16-11-24-12(2)20-16)19(22)23-18(14)10-17(13)21/h8-11,21H,3-7H2,1-2H3. The fraction of sp³-hybridized carbons (Fsp3) is 0.368. The lowest BCUT2D eigenvalue weighted by Gasteiger charge is -2.07. The normalized spacial score (nSPS) is 11.2. The molecule has 3 rings (SSSR count). The highest BCUT2D eigenvalue weighted by molar-refractivity contribution is 7.09. The molecule has 0 radical (unpaired) electrons. The van der Waals surface area contributed by atoms with Gasteiger partial charge in [-0.3, -0.25) is 0 Å². The fourth-order valence-electron chi connectivity index (χ4n) is 2.81. The zero-order valence-electron chi connectivity index (χ0n) is 14.0. The Morgan fingerprint density at radius 1 is 1.21 bits per heavy atom. The second-order valence-electron chi connectivity index (χ2n) is 6.03. The molecule has 3 aromatic rings. The van der Waals surface area contributed by atoms with Crippen LogP contribution in [0.1, 0.15) is 43.2 Å². The Balaban J connectivity index is 1.97. The average molecular weight is 343 g/mol. The van der Waals surface area contributed by atoms with Crippen LogP contribution in [0.4, 0.5) is 0 Å². The number of aromatic nitrogens is 1. The summed E-state index contributed by atoms with van der Waals surface area (Å²) in [5, 5.41) is 13.8. The SMILES string of the molecule is CCCCCCc1cc2cc(-c3csc(C)n3)c(=O)oc2cc1O. The van der Waals surface area contributed by atoms with Crippen molar-refractivity contribution in [2.45, 2.75) is 46.0 Å². The summed E-state index contributed by atoms with van der Waals surface area (Å²) < 4.78 is 5.38. The first-order valence-electron chi connectivity index (χ1n) is 8.30. The highest BCUT2D eigenvalue weighted by Crippen LogP contribution is 2.28. The summed E-state index contributed by atoms with van der Waals surface area (Å²) in [6.07, 6.45) is 5.41. The summed E-state index contributed by atoms with van der Waals surface area (Å²) in [5.74, 6) is 0.194. The van der Waals surface area contributed by atoms with Crippen molar-refractivity contribution in [1.82, 2.24) is 4.98 Å². The number of thiazole rings is 1. The molecule has 24 heavy (non-hydrogen) atoms. The Bertz CT molecular complexity index is 911. The van der Waals surface area contributed by atoms with Crippen LogP contribution in [0.25, 0.3) is 22.2 Å². The molecule has 0 atom stereocenters. The lowest BCUT2D eigenvalue weighted by Crippen LogP contribution is -2.03. The molecule has 0 aliphatic heterocycles. The number of phenols is 1. The minimum Gasteiger partial charge on any atom is -0.508 e. The molecule has 0 spiro atoms. The van der Waals surface area contributed by atoms with Gasteiger partial charge in [0, 0.05) is 16.8 Å². The van der Waals surface area contributed by atoms with Crippen molar-refractivity contribution >= 4 is 22.3 Å². The van der Waals surface area contributed by atoms with Crippen LogP contribution in [0.2, 0.25) is 0 Å². The summed E-state index contributed by atoms with van der Waals surface area (Å²) in [5.41, 5.74) is 1.99. The molecule has 0 saturated carbocycles. The number of fused-ring (bicyclic) bond motifs is 1. The monoisotopic (exact) mass is 343 g/mol. The Hall–Kier alpha value is -2.14. The van der Waals surface area contributed by atoms with Gasteiger partial charge in [0.05, 0.1) is 16.3 Å². The molecule has 1 aromatic carbocycles. The van der Waals surface area contributed by atoms with E-state index in [0.717, 1.165) is 35.2 Å². The Morgan fingerprint density at radius 2 is 2.04 bits per heavy atom. The van der Waals surface area contributed by atoms with Gasteiger partial charge < -0.3 is 9.52 Å². The molecule has 126 valence electrons. The van der Waals surface area contributed by atoms with Gasteiger partial charge in [-0.1, -0.05) is 26.2 Å². The van der Waals surface area contributed by atoms with Crippen LogP contribution in [0, 0.1) is 6.92 Å². The number of rotatable bonds is 6. The summed E-state index contributed by atoms with van der Waals surface area (Å²) in [6, 6.07) is 5.27. The van der Waals surface area contributed by atoms with Gasteiger partial charge in [0.1, 0.15) is 11.3 Å². The van der Waals surface area contributed by atoms with E-state index in [-0.39, 0.29) is 5.75 Å². The summed E-state index contributed by atoms with van der Waals surface area (Å²) in [6.45, 7) is 4.08. The van der Waals surface area contributed by atoms with Gasteiger partial charge in [0.2, 0.25) is 0 Å². The van der Waals surface area contributed by atoms with E-state index in [9.17, 15) is 9.90 Å². The molecular weight excluding hydrogens is 322 g/mol. The summed E-state index contributed by atoms with van der Waals surface area (Å²) in [4.78, 5) is 16.6. The number of benzene rings is 1. The second-order valence-corrected chi connectivity index (χ2v) is 7.09. The predicted molar refractivity (Wildman–Crippen MR) is 97.8 cm³/mol. The number of unbranched alkanes of at least 4 members (excludes halogenated alkanes) is 3. The Kier molecular flexibility index (Phi) is 5.00. The maximum Gasteiger partial charge on any atom is 0.345 e. The maximum atomic E-state index is 12.2. The van der Waals surface area contributed by atoms with Crippen LogP contribution in [0.15, 0.2) is 32.8 Å². The molecule has 5 heteroatoms. The number of phenolic OH excluding ortho intramolecular Hbond substituents is 1. The van der Waals surface area contributed by atoms with E-state index in [1.165, 1.54) is 24.2 Å². The van der Waals surface area contributed by atoms with Crippen LogP contribution in [0.3, 0.4) is 0 Å². The molecule has 0 amide bonds. The van der Waals surface area contributed by atoms with E-state index in [1.807, 2.05) is 24.4 Å². The lowest BCUT2D eigenvalue weighted by atomic mass is 10.0. The molecule has 1 N–H and O–H groups in total. The average Bonchev–Trinajstić information content (AvgIpc) is 2.98. The third-order valence-corrected chi connectivity index (χ3v) is 4.90. The van der Waals surface area contributed by atoms with Crippen molar-refractivity contribution in [3.8, 4) is 17.0 Å². The van der Waals surface area contributed by atoms with Gasteiger partial charge in [0.25, 0.3) is 0 Å². The number of aromatic hydroxyl groups is 1. The molecule has 0 fully saturated rings. The lowest BCUT2D eigenvalue weighted by molar-refractivity contribution is 0.464. The minimum absolute atomic E-state index is 0.194. The molecule has 0 bridgehead atoms. The summed E-state index contributed by atoms with van der Waals surface area (Å²) >= 11 is 1.50. The molecule has 0 unspecified atom stereocenters. The minimum atomic E-state index is -0.428. The predicted octanol–water partition coefficient (Wildman–Crippen LogP) is 5.05. The van der Waals surface area contributed by atoms with Crippen LogP contribution in [0.5, 0.6) is 5.75 Å². The number of hydrogen-bond acceptors (Lipinski definition) is 5. The van der Waals surface area contributed by atoms with Gasteiger partial charge in [-0.2, -0.15) is 0 Å². The molecule has 0 aliphatic carbocycles. The smallest absolute Gasteiger partial charge is 0.345 e. The van der Waals surface area contributed by atoms with Crippen molar-refractivity contribution in [2.24, 2.45) is 0 Å². The molecule has 0 saturated heterocycles. The zero-order chi connectivity index (χ0) is 17.1. The largest absolute Gasteiger partial charge is 0.508 e. The first-order valence-corrected chi connectivity index (χ1v) is 9.18. The maximum absolute atomic E-state index is 12.2. The highest BCUT2D eigenvalue weighted by atomic mass is 32.1. The number of hydrogen-bond donors (Lipinski definition) is 1. The quantitative estimate of drug-likeness (QED) is 0.502. The van der Waals surface area contributed by atoms with Crippen molar-refractivity contribution < 1.29 is 9.52 Å². The second kappa shape index (κ2) is 7.18. The first kappa shape index (κ1) is 16.7. The van der Waals surface area contributed by atoms with Gasteiger partial charge >= 0.3 is 5.63 Å². The first-order chi connectivity index (χ1) is 11.6. The van der Waals surface area contributed by atoms with Crippen LogP contribution in [-0.4, -0.2) is 10.1 Å². The fourth-order valence-corrected chi connectivity index (χ4v) is 3.42. The Morgan fingerprint density at radius 3 is 2.75 bits per heavy atom. The summed E-state index contributed by atoms with van der Waals surface area (Å²) in [7, 11) is 0. The number of aryl methyl sites for hydroxylation is 2. The van der Waals surface area contributed by atoms with Gasteiger partial charge in [-0.05, 0) is 37.5 Å². The van der Waals surface area contributed by atoms with Gasteiger partial charge in [-0.25, -0.2) is 9.78 Å². The van der Waals surface area contributed by atoms with Crippen molar-refractivity contribution in [3.63, 3.8) is 0 Å². The molecule has 0 aliphatic rings. The van der Waals surface area contributed by atoms with E-state index >= 15 is 0 Å². The van der Waals surface area contributed by atoms with Crippen LogP contribution >= 0.6 is 11.3 Å². The molecule has 2 aromatic heterocycles. The van der Waals surface area contributed by atoms with Crippen molar-refractivity contribution in [2.75, 3.05) is 0 Å². The molecule has 2 heterocycles. The van der Waals surface area contributed by atoms with Crippen LogP contribution < -0.4 is 5.63 Å². The topological polar surface area (TPSA) is 63.3 Å². The van der Waals surface area contributed by atoms with E-state index in [1.54, 1.807) is 6.07 Å². The number of nitrogens with zero attached hydrogens (tertiary/aromatic N) is 1. The zero-order valence-corrected chi connectivity index (χ0v) is 14.8. The van der Waals surface area contributed by atoms with E-state index < -0.39 is 5.63 Å². The molecular formula is C19H21NO3S. The van der Waals surface area contributed by atoms with Crippen molar-refractivity contribution in [3.05, 3.63) is 44.6 Å². The van der Waals surface area contributed by atoms with E-state index in [4.69, 9.17) is 4.42 Å². The third-order valence-electron chi connectivity index (χ3n) is 4.13.